The molecular weight excluding hydrogens is 264 g/mol. The zero-order chi connectivity index (χ0) is 15.5. The average molecular weight is 290 g/mol. The largest absolute Gasteiger partial charge is 0.476 e. The molecule has 0 fully saturated rings. The molecule has 0 radical (unpaired) electrons. The van der Waals surface area contributed by atoms with Gasteiger partial charge >= 0.3 is 0 Å². The topological polar surface area (TPSA) is 51.5 Å². The lowest BCUT2D eigenvalue weighted by molar-refractivity contribution is 0.297. The summed E-state index contributed by atoms with van der Waals surface area (Å²) < 4.78 is 7.66. The van der Waals surface area contributed by atoms with Crippen molar-refractivity contribution in [2.75, 3.05) is 13.2 Å². The molecule has 5 heteroatoms. The van der Waals surface area contributed by atoms with Crippen molar-refractivity contribution < 1.29 is 4.74 Å². The maximum atomic E-state index is 5.82. The molecule has 2 aromatic heterocycles. The molecule has 0 spiro atoms. The van der Waals surface area contributed by atoms with E-state index in [0.29, 0.717) is 18.5 Å². The van der Waals surface area contributed by atoms with Crippen LogP contribution in [0.4, 0.5) is 0 Å². The van der Waals surface area contributed by atoms with Gasteiger partial charge in [-0.15, -0.1) is 0 Å². The van der Waals surface area contributed by atoms with Crippen LogP contribution < -0.4 is 10.1 Å². The van der Waals surface area contributed by atoms with Crippen LogP contribution in [0.3, 0.4) is 0 Å². The number of nitrogens with zero attached hydrogens (tertiary/aromatic N) is 3. The zero-order valence-electron chi connectivity index (χ0n) is 13.7. The Morgan fingerprint density at radius 1 is 1.33 bits per heavy atom. The van der Waals surface area contributed by atoms with Crippen molar-refractivity contribution in [2.24, 2.45) is 0 Å². The van der Waals surface area contributed by atoms with E-state index in [4.69, 9.17) is 4.74 Å². The Kier molecular flexibility index (Phi) is 4.83. The lowest BCUT2D eigenvalue weighted by Gasteiger charge is -2.13. The van der Waals surface area contributed by atoms with Crippen molar-refractivity contribution in [3.8, 4) is 5.88 Å². The summed E-state index contributed by atoms with van der Waals surface area (Å²) in [7, 11) is 0. The Labute approximate surface area is 126 Å². The van der Waals surface area contributed by atoms with E-state index in [1.807, 2.05) is 10.7 Å². The highest BCUT2D eigenvalue weighted by Crippen LogP contribution is 2.25. The normalized spacial score (nSPS) is 12.3. The van der Waals surface area contributed by atoms with E-state index < -0.39 is 0 Å². The van der Waals surface area contributed by atoms with E-state index in [9.17, 15) is 0 Å². The van der Waals surface area contributed by atoms with Crippen LogP contribution in [0.2, 0.25) is 0 Å². The maximum absolute atomic E-state index is 5.82. The molecule has 0 aliphatic rings. The van der Waals surface area contributed by atoms with Crippen LogP contribution >= 0.6 is 0 Å². The quantitative estimate of drug-likeness (QED) is 0.831. The summed E-state index contributed by atoms with van der Waals surface area (Å²) in [6.45, 7) is 12.4. The molecule has 0 atom stereocenters. The van der Waals surface area contributed by atoms with Crippen molar-refractivity contribution >= 4 is 5.52 Å². The fraction of sp³-hybridized carbons (Fsp3) is 0.625. The second-order valence-corrected chi connectivity index (χ2v) is 6.65. The fourth-order valence-corrected chi connectivity index (χ4v) is 2.01. The van der Waals surface area contributed by atoms with Gasteiger partial charge in [-0.1, -0.05) is 34.6 Å². The van der Waals surface area contributed by atoms with Crippen molar-refractivity contribution in [3.63, 3.8) is 0 Å². The van der Waals surface area contributed by atoms with Crippen molar-refractivity contribution in [2.45, 2.75) is 52.5 Å². The van der Waals surface area contributed by atoms with E-state index in [-0.39, 0.29) is 5.41 Å². The van der Waals surface area contributed by atoms with Crippen LogP contribution in [0.5, 0.6) is 5.88 Å². The second kappa shape index (κ2) is 6.43. The first-order valence-corrected chi connectivity index (χ1v) is 7.59. The predicted octanol–water partition coefficient (Wildman–Crippen LogP) is 2.79. The van der Waals surface area contributed by atoms with Gasteiger partial charge in [0.15, 0.2) is 0 Å². The SMILES string of the molecule is CC(C)NCCCOc1nccn2nc(C(C)(C)C)cc12. The minimum atomic E-state index is 0.0183. The molecule has 116 valence electrons. The summed E-state index contributed by atoms with van der Waals surface area (Å²) in [5, 5.41) is 7.97. The van der Waals surface area contributed by atoms with Gasteiger partial charge in [-0.05, 0) is 19.0 Å². The molecule has 2 aromatic rings. The summed E-state index contributed by atoms with van der Waals surface area (Å²) in [5.41, 5.74) is 1.99. The number of fused-ring (bicyclic) bond motifs is 1. The summed E-state index contributed by atoms with van der Waals surface area (Å²) in [4.78, 5) is 4.33. The molecule has 1 N–H and O–H groups in total. The molecule has 0 saturated carbocycles. The van der Waals surface area contributed by atoms with Crippen LogP contribution in [0, 0.1) is 0 Å². The molecule has 2 heterocycles. The molecule has 21 heavy (non-hydrogen) atoms. The molecule has 0 unspecified atom stereocenters. The molecule has 0 aliphatic carbocycles. The van der Waals surface area contributed by atoms with E-state index in [1.165, 1.54) is 0 Å². The van der Waals surface area contributed by atoms with Crippen LogP contribution in [0.15, 0.2) is 18.5 Å². The van der Waals surface area contributed by atoms with Gasteiger partial charge in [0.2, 0.25) is 5.88 Å². The summed E-state index contributed by atoms with van der Waals surface area (Å²) in [6.07, 6.45) is 4.55. The van der Waals surface area contributed by atoms with Crippen LogP contribution in [-0.4, -0.2) is 33.8 Å². The van der Waals surface area contributed by atoms with E-state index in [0.717, 1.165) is 24.2 Å². The highest BCUT2D eigenvalue weighted by atomic mass is 16.5. The highest BCUT2D eigenvalue weighted by molar-refractivity contribution is 5.57. The smallest absolute Gasteiger partial charge is 0.240 e. The van der Waals surface area contributed by atoms with Gasteiger partial charge in [-0.2, -0.15) is 5.10 Å². The highest BCUT2D eigenvalue weighted by Gasteiger charge is 2.19. The Balaban J connectivity index is 2.04. The molecule has 2 rings (SSSR count). The molecule has 0 bridgehead atoms. The van der Waals surface area contributed by atoms with Gasteiger partial charge in [0.1, 0.15) is 5.52 Å². The standard InChI is InChI=1S/C16H26N4O/c1-12(2)17-7-6-10-21-15-13-11-14(16(3,4)5)19-20(13)9-8-18-15/h8-9,11-12,17H,6-7,10H2,1-5H3. The Bertz CT molecular complexity index is 583. The molecule has 0 saturated heterocycles. The number of aromatic nitrogens is 3. The number of nitrogens with one attached hydrogen (secondary N) is 1. The van der Waals surface area contributed by atoms with E-state index in [2.05, 4.69) is 56.1 Å². The first kappa shape index (κ1) is 15.8. The minimum Gasteiger partial charge on any atom is -0.476 e. The van der Waals surface area contributed by atoms with Gasteiger partial charge in [0.25, 0.3) is 0 Å². The van der Waals surface area contributed by atoms with Gasteiger partial charge in [0, 0.05) is 23.9 Å². The van der Waals surface area contributed by atoms with Crippen molar-refractivity contribution in [3.05, 3.63) is 24.2 Å². The zero-order valence-corrected chi connectivity index (χ0v) is 13.7. The third-order valence-electron chi connectivity index (χ3n) is 3.24. The molecule has 0 aliphatic heterocycles. The van der Waals surface area contributed by atoms with Gasteiger partial charge in [0.05, 0.1) is 12.3 Å². The van der Waals surface area contributed by atoms with Gasteiger partial charge in [-0.25, -0.2) is 9.50 Å². The lowest BCUT2D eigenvalue weighted by Crippen LogP contribution is -2.24. The Hall–Kier alpha value is -1.62. The lowest BCUT2D eigenvalue weighted by atomic mass is 9.92. The molecule has 5 nitrogen and oxygen atoms in total. The fourth-order valence-electron chi connectivity index (χ4n) is 2.01. The van der Waals surface area contributed by atoms with Crippen LogP contribution in [-0.2, 0) is 5.41 Å². The Morgan fingerprint density at radius 3 is 2.76 bits per heavy atom. The number of hydrogen-bond acceptors (Lipinski definition) is 4. The molecule has 0 amide bonds. The molecule has 0 aromatic carbocycles. The van der Waals surface area contributed by atoms with Crippen LogP contribution in [0.1, 0.15) is 46.7 Å². The van der Waals surface area contributed by atoms with Gasteiger partial charge < -0.3 is 10.1 Å². The number of hydrogen-bond donors (Lipinski definition) is 1. The second-order valence-electron chi connectivity index (χ2n) is 6.65. The summed E-state index contributed by atoms with van der Waals surface area (Å²) in [5.74, 6) is 0.657. The van der Waals surface area contributed by atoms with E-state index in [1.54, 1.807) is 6.20 Å². The van der Waals surface area contributed by atoms with Gasteiger partial charge in [-0.3, -0.25) is 0 Å². The van der Waals surface area contributed by atoms with Crippen molar-refractivity contribution in [1.82, 2.24) is 19.9 Å². The first-order chi connectivity index (χ1) is 9.88. The third kappa shape index (κ3) is 4.17. The van der Waals surface area contributed by atoms with Crippen molar-refractivity contribution in [1.29, 1.82) is 0 Å². The monoisotopic (exact) mass is 290 g/mol. The third-order valence-corrected chi connectivity index (χ3v) is 3.24. The van der Waals surface area contributed by atoms with E-state index >= 15 is 0 Å². The summed E-state index contributed by atoms with van der Waals surface area (Å²) in [6, 6.07) is 2.57. The first-order valence-electron chi connectivity index (χ1n) is 7.59. The maximum Gasteiger partial charge on any atom is 0.240 e. The Morgan fingerprint density at radius 2 is 2.10 bits per heavy atom. The number of rotatable bonds is 6. The minimum absolute atomic E-state index is 0.0183. The van der Waals surface area contributed by atoms with Crippen LogP contribution in [0.25, 0.3) is 5.52 Å². The average Bonchev–Trinajstić information content (AvgIpc) is 2.82. The summed E-state index contributed by atoms with van der Waals surface area (Å²) >= 11 is 0. The predicted molar refractivity (Wildman–Crippen MR) is 84.9 cm³/mol. The molecular formula is C16H26N4O. The number of ether oxygens (including phenoxy) is 1.